The number of nitrogens with one attached hydrogen (secondary N) is 2. The van der Waals surface area contributed by atoms with Crippen LogP contribution in [0, 0.1) is 6.92 Å². The molecule has 29 heavy (non-hydrogen) atoms. The third kappa shape index (κ3) is 8.03. The van der Waals surface area contributed by atoms with Crippen LogP contribution in [0.25, 0.3) is 0 Å². The van der Waals surface area contributed by atoms with E-state index in [2.05, 4.69) is 43.5 Å². The predicted octanol–water partition coefficient (Wildman–Crippen LogP) is 3.51. The van der Waals surface area contributed by atoms with Crippen molar-refractivity contribution >= 4 is 35.8 Å². The van der Waals surface area contributed by atoms with Crippen LogP contribution in [0.2, 0.25) is 0 Å². The van der Waals surface area contributed by atoms with E-state index in [0.29, 0.717) is 24.9 Å². The molecule has 1 amide bonds. The first kappa shape index (κ1) is 25.5. The van der Waals surface area contributed by atoms with Crippen LogP contribution in [0.15, 0.2) is 23.2 Å². The molecule has 0 aromatic heterocycles. The molecule has 0 saturated carbocycles. The van der Waals surface area contributed by atoms with Crippen LogP contribution in [-0.4, -0.2) is 56.1 Å². The van der Waals surface area contributed by atoms with E-state index in [9.17, 15) is 4.79 Å². The van der Waals surface area contributed by atoms with Gasteiger partial charge in [0, 0.05) is 38.6 Å². The van der Waals surface area contributed by atoms with Crippen molar-refractivity contribution in [3.8, 4) is 5.75 Å². The van der Waals surface area contributed by atoms with Crippen LogP contribution in [0.4, 0.5) is 0 Å². The zero-order valence-corrected chi connectivity index (χ0v) is 20.6. The van der Waals surface area contributed by atoms with Crippen LogP contribution in [0.5, 0.6) is 5.75 Å². The highest BCUT2D eigenvalue weighted by Crippen LogP contribution is 2.20. The molecule has 1 saturated heterocycles. The minimum atomic E-state index is 0. The monoisotopic (exact) mass is 516 g/mol. The minimum absolute atomic E-state index is 0. The number of hydrogen-bond acceptors (Lipinski definition) is 3. The number of rotatable bonds is 10. The molecule has 1 heterocycles. The van der Waals surface area contributed by atoms with Gasteiger partial charge in [0.1, 0.15) is 5.75 Å². The first-order valence-electron chi connectivity index (χ1n) is 10.5. The Balaban J connectivity index is 0.00000420. The van der Waals surface area contributed by atoms with Crippen molar-refractivity contribution in [3.63, 3.8) is 0 Å². The number of benzene rings is 1. The number of carbonyl (C=O) groups is 1. The molecule has 7 heteroatoms. The second kappa shape index (κ2) is 13.7. The summed E-state index contributed by atoms with van der Waals surface area (Å²) in [5.41, 5.74) is 2.43. The minimum Gasteiger partial charge on any atom is -0.496 e. The summed E-state index contributed by atoms with van der Waals surface area (Å²) in [6.45, 7) is 9.53. The molecule has 0 radical (unpaired) electrons. The molecule has 0 spiro atoms. The molecule has 1 atom stereocenters. The molecular weight excluding hydrogens is 479 g/mol. The van der Waals surface area contributed by atoms with E-state index < -0.39 is 0 Å². The number of ether oxygens (including phenoxy) is 1. The van der Waals surface area contributed by atoms with Gasteiger partial charge in [-0.1, -0.05) is 24.6 Å². The van der Waals surface area contributed by atoms with Crippen molar-refractivity contribution in [2.45, 2.75) is 58.9 Å². The number of halogens is 1. The SMILES string of the molecule is CCNC(=NCCC(CC)N1CCCC1=O)NCCc1cc(C)ccc1OC.I. The maximum absolute atomic E-state index is 12.0. The summed E-state index contributed by atoms with van der Waals surface area (Å²) in [6, 6.07) is 6.56. The lowest BCUT2D eigenvalue weighted by Crippen LogP contribution is -2.39. The Morgan fingerprint density at radius 3 is 2.72 bits per heavy atom. The van der Waals surface area contributed by atoms with Gasteiger partial charge in [0.05, 0.1) is 7.11 Å². The molecule has 1 aliphatic heterocycles. The Bertz CT molecular complexity index is 666. The van der Waals surface area contributed by atoms with E-state index in [1.54, 1.807) is 7.11 Å². The van der Waals surface area contributed by atoms with Gasteiger partial charge < -0.3 is 20.3 Å². The molecule has 1 aliphatic rings. The van der Waals surface area contributed by atoms with Crippen molar-refractivity contribution in [2.24, 2.45) is 4.99 Å². The summed E-state index contributed by atoms with van der Waals surface area (Å²) in [5.74, 6) is 2.06. The average Bonchev–Trinajstić information content (AvgIpc) is 3.11. The number of nitrogens with zero attached hydrogens (tertiary/aromatic N) is 2. The lowest BCUT2D eigenvalue weighted by Gasteiger charge is -2.26. The molecule has 164 valence electrons. The first-order chi connectivity index (χ1) is 13.6. The Labute approximate surface area is 192 Å². The zero-order chi connectivity index (χ0) is 20.4. The maximum atomic E-state index is 12.0. The quantitative estimate of drug-likeness (QED) is 0.284. The van der Waals surface area contributed by atoms with Crippen molar-refractivity contribution in [3.05, 3.63) is 29.3 Å². The van der Waals surface area contributed by atoms with E-state index in [4.69, 9.17) is 9.73 Å². The molecule has 2 N–H and O–H groups in total. The summed E-state index contributed by atoms with van der Waals surface area (Å²) in [5, 5.41) is 6.72. The summed E-state index contributed by atoms with van der Waals surface area (Å²) < 4.78 is 5.46. The van der Waals surface area contributed by atoms with Gasteiger partial charge in [-0.15, -0.1) is 24.0 Å². The third-order valence-corrected chi connectivity index (χ3v) is 5.22. The number of hydrogen-bond donors (Lipinski definition) is 2. The fourth-order valence-electron chi connectivity index (χ4n) is 3.72. The smallest absolute Gasteiger partial charge is 0.222 e. The largest absolute Gasteiger partial charge is 0.496 e. The Kier molecular flexibility index (Phi) is 12.0. The zero-order valence-electron chi connectivity index (χ0n) is 18.3. The molecule has 1 aromatic carbocycles. The van der Waals surface area contributed by atoms with Gasteiger partial charge in [-0.05, 0) is 51.2 Å². The molecule has 1 unspecified atom stereocenters. The molecule has 1 fully saturated rings. The van der Waals surface area contributed by atoms with Gasteiger partial charge in [0.15, 0.2) is 5.96 Å². The van der Waals surface area contributed by atoms with Crippen molar-refractivity contribution in [2.75, 3.05) is 33.3 Å². The summed E-state index contributed by atoms with van der Waals surface area (Å²) in [7, 11) is 1.71. The van der Waals surface area contributed by atoms with E-state index in [1.165, 1.54) is 11.1 Å². The van der Waals surface area contributed by atoms with Gasteiger partial charge in [-0.25, -0.2) is 0 Å². The number of guanidine groups is 1. The molecule has 0 aliphatic carbocycles. The Morgan fingerprint density at radius 2 is 2.10 bits per heavy atom. The van der Waals surface area contributed by atoms with Crippen LogP contribution < -0.4 is 15.4 Å². The topological polar surface area (TPSA) is 66.0 Å². The molecule has 1 aromatic rings. The summed E-state index contributed by atoms with van der Waals surface area (Å²) in [4.78, 5) is 18.7. The van der Waals surface area contributed by atoms with Crippen LogP contribution in [-0.2, 0) is 11.2 Å². The van der Waals surface area contributed by atoms with Crippen LogP contribution in [0.1, 0.15) is 50.7 Å². The Morgan fingerprint density at radius 1 is 1.31 bits per heavy atom. The maximum Gasteiger partial charge on any atom is 0.222 e. The van der Waals surface area contributed by atoms with Crippen molar-refractivity contribution < 1.29 is 9.53 Å². The lowest BCUT2D eigenvalue weighted by atomic mass is 10.1. The number of aliphatic imine (C=N–C) groups is 1. The summed E-state index contributed by atoms with van der Waals surface area (Å²) >= 11 is 0. The molecule has 2 rings (SSSR count). The average molecular weight is 516 g/mol. The molecular formula is C22H37IN4O2. The second-order valence-electron chi connectivity index (χ2n) is 7.29. The number of amides is 1. The van der Waals surface area contributed by atoms with Gasteiger partial charge in [0.25, 0.3) is 0 Å². The van der Waals surface area contributed by atoms with E-state index in [-0.39, 0.29) is 24.0 Å². The van der Waals surface area contributed by atoms with E-state index in [1.807, 2.05) is 11.0 Å². The molecule has 6 nitrogen and oxygen atoms in total. The third-order valence-electron chi connectivity index (χ3n) is 5.22. The number of carbonyl (C=O) groups excluding carboxylic acids is 1. The predicted molar refractivity (Wildman–Crippen MR) is 130 cm³/mol. The van der Waals surface area contributed by atoms with Gasteiger partial charge in [-0.3, -0.25) is 9.79 Å². The van der Waals surface area contributed by atoms with Gasteiger partial charge >= 0.3 is 0 Å². The van der Waals surface area contributed by atoms with Crippen molar-refractivity contribution in [1.29, 1.82) is 0 Å². The van der Waals surface area contributed by atoms with Crippen molar-refractivity contribution in [1.82, 2.24) is 15.5 Å². The van der Waals surface area contributed by atoms with Crippen LogP contribution in [0.3, 0.4) is 0 Å². The van der Waals surface area contributed by atoms with E-state index in [0.717, 1.165) is 57.0 Å². The standard InChI is InChI=1S/C22H36N4O2.HI/c1-5-19(26-15-7-8-21(26)27)12-14-25-22(23-6-2)24-13-11-18-16-17(3)9-10-20(18)28-4;/h9-10,16,19H,5-8,11-15H2,1-4H3,(H2,23,24,25);1H. The highest BCUT2D eigenvalue weighted by atomic mass is 127. The lowest BCUT2D eigenvalue weighted by molar-refractivity contribution is -0.129. The van der Waals surface area contributed by atoms with E-state index >= 15 is 0 Å². The number of aryl methyl sites for hydroxylation is 1. The van der Waals surface area contributed by atoms with Gasteiger partial charge in [-0.2, -0.15) is 0 Å². The first-order valence-corrected chi connectivity index (χ1v) is 10.5. The fraction of sp³-hybridized carbons (Fsp3) is 0.636. The number of likely N-dealkylation sites (tertiary alicyclic amines) is 1. The highest BCUT2D eigenvalue weighted by molar-refractivity contribution is 14.0. The fourth-order valence-corrected chi connectivity index (χ4v) is 3.72. The Hall–Kier alpha value is -1.51. The second-order valence-corrected chi connectivity index (χ2v) is 7.29. The van der Waals surface area contributed by atoms with Gasteiger partial charge in [0.2, 0.25) is 5.91 Å². The van der Waals surface area contributed by atoms with Crippen LogP contribution >= 0.6 is 24.0 Å². The highest BCUT2D eigenvalue weighted by Gasteiger charge is 2.26. The normalized spacial score (nSPS) is 15.1. The number of methoxy groups -OCH3 is 1. The molecule has 0 bridgehead atoms. The summed E-state index contributed by atoms with van der Waals surface area (Å²) in [6.07, 6.45) is 4.45.